The lowest BCUT2D eigenvalue weighted by Gasteiger charge is -2.13. The number of hydrogen-bond donors (Lipinski definition) is 3. The second kappa shape index (κ2) is 11.7. The molecule has 0 heterocycles. The van der Waals surface area contributed by atoms with E-state index < -0.39 is 18.0 Å². The first-order chi connectivity index (χ1) is 9.11. The molecule has 0 aliphatic heterocycles. The highest BCUT2D eigenvalue weighted by molar-refractivity contribution is 5.82. The average Bonchev–Trinajstić information content (AvgIpc) is 2.38. The number of ether oxygens (including phenoxy) is 2. The first kappa shape index (κ1) is 17.7. The summed E-state index contributed by atoms with van der Waals surface area (Å²) in [5, 5.41) is 13.8. The maximum Gasteiger partial charge on any atom is 0.326 e. The molecule has 0 rings (SSSR count). The van der Waals surface area contributed by atoms with E-state index in [1.54, 1.807) is 14.0 Å². The van der Waals surface area contributed by atoms with Crippen LogP contribution in [0.4, 0.5) is 4.79 Å². The highest BCUT2D eigenvalue weighted by Crippen LogP contribution is 1.91. The van der Waals surface area contributed by atoms with Crippen molar-refractivity contribution in [3.05, 3.63) is 0 Å². The van der Waals surface area contributed by atoms with Crippen molar-refractivity contribution in [1.82, 2.24) is 10.6 Å². The fraction of sp³-hybridized carbons (Fsp3) is 0.833. The molecule has 3 N–H and O–H groups in total. The van der Waals surface area contributed by atoms with E-state index in [0.29, 0.717) is 32.8 Å². The number of nitrogens with one attached hydrogen (secondary N) is 2. The molecule has 0 bridgehead atoms. The van der Waals surface area contributed by atoms with Crippen LogP contribution in [0.2, 0.25) is 0 Å². The number of rotatable bonds is 11. The van der Waals surface area contributed by atoms with Crippen LogP contribution in [0, 0.1) is 0 Å². The quantitative estimate of drug-likeness (QED) is 0.480. The van der Waals surface area contributed by atoms with E-state index in [1.165, 1.54) is 0 Å². The van der Waals surface area contributed by atoms with Crippen LogP contribution in [0.15, 0.2) is 0 Å². The van der Waals surface area contributed by atoms with Crippen molar-refractivity contribution in [2.24, 2.45) is 0 Å². The molecule has 0 radical (unpaired) electrons. The number of aliphatic carboxylic acids is 1. The third-order valence-corrected chi connectivity index (χ3v) is 2.44. The third-order valence-electron chi connectivity index (χ3n) is 2.44. The van der Waals surface area contributed by atoms with Gasteiger partial charge < -0.3 is 25.2 Å². The van der Waals surface area contributed by atoms with E-state index in [2.05, 4.69) is 10.6 Å². The number of carboxylic acid groups (broad SMARTS) is 1. The fourth-order valence-electron chi connectivity index (χ4n) is 1.32. The van der Waals surface area contributed by atoms with Crippen molar-refractivity contribution in [2.45, 2.75) is 32.2 Å². The average molecular weight is 276 g/mol. The molecule has 7 nitrogen and oxygen atoms in total. The Kier molecular flexibility index (Phi) is 10.9. The number of carbonyl (C=O) groups excluding carboxylic acids is 1. The van der Waals surface area contributed by atoms with Crippen LogP contribution in [-0.2, 0) is 14.3 Å². The molecule has 0 unspecified atom stereocenters. The van der Waals surface area contributed by atoms with Gasteiger partial charge in [0.1, 0.15) is 6.04 Å². The highest BCUT2D eigenvalue weighted by atomic mass is 16.5. The summed E-state index contributed by atoms with van der Waals surface area (Å²) in [4.78, 5) is 22.1. The van der Waals surface area contributed by atoms with Crippen LogP contribution in [0.3, 0.4) is 0 Å². The highest BCUT2D eigenvalue weighted by Gasteiger charge is 2.16. The maximum atomic E-state index is 11.4. The van der Waals surface area contributed by atoms with Crippen LogP contribution < -0.4 is 10.6 Å². The molecule has 1 atom stereocenters. The smallest absolute Gasteiger partial charge is 0.326 e. The number of amides is 2. The van der Waals surface area contributed by atoms with Crippen molar-refractivity contribution in [3.8, 4) is 0 Å². The molecule has 0 aromatic rings. The van der Waals surface area contributed by atoms with Gasteiger partial charge >= 0.3 is 12.0 Å². The van der Waals surface area contributed by atoms with Gasteiger partial charge in [-0.25, -0.2) is 9.59 Å². The first-order valence-corrected chi connectivity index (χ1v) is 6.45. The summed E-state index contributed by atoms with van der Waals surface area (Å²) in [6.45, 7) is 3.97. The van der Waals surface area contributed by atoms with Gasteiger partial charge in [-0.2, -0.15) is 0 Å². The Hall–Kier alpha value is -1.34. The Morgan fingerprint density at radius 1 is 1.21 bits per heavy atom. The van der Waals surface area contributed by atoms with E-state index in [-0.39, 0.29) is 0 Å². The summed E-state index contributed by atoms with van der Waals surface area (Å²) in [5.41, 5.74) is 0. The fourth-order valence-corrected chi connectivity index (χ4v) is 1.32. The minimum absolute atomic E-state index is 0.357. The summed E-state index contributed by atoms with van der Waals surface area (Å²) in [7, 11) is 1.62. The predicted octanol–water partition coefficient (Wildman–Crippen LogP) is 0.592. The summed E-state index contributed by atoms with van der Waals surface area (Å²) < 4.78 is 10.1. The van der Waals surface area contributed by atoms with Gasteiger partial charge in [-0.05, 0) is 19.3 Å². The molecule has 0 aliphatic carbocycles. The van der Waals surface area contributed by atoms with Gasteiger partial charge in [0.25, 0.3) is 0 Å². The number of unbranched alkanes of at least 4 members (excludes halogenated alkanes) is 1. The molecular weight excluding hydrogens is 252 g/mol. The van der Waals surface area contributed by atoms with E-state index in [4.69, 9.17) is 14.6 Å². The molecule has 0 aromatic carbocycles. The Balaban J connectivity index is 3.45. The van der Waals surface area contributed by atoms with Crippen LogP contribution in [0.25, 0.3) is 0 Å². The Bertz CT molecular complexity index is 261. The Labute approximate surface area is 113 Å². The lowest BCUT2D eigenvalue weighted by Crippen LogP contribution is -2.45. The molecule has 0 aromatic heterocycles. The van der Waals surface area contributed by atoms with Crippen molar-refractivity contribution in [3.63, 3.8) is 0 Å². The largest absolute Gasteiger partial charge is 0.480 e. The van der Waals surface area contributed by atoms with Gasteiger partial charge in [0.15, 0.2) is 0 Å². The second-order valence-electron chi connectivity index (χ2n) is 4.01. The zero-order chi connectivity index (χ0) is 14.5. The van der Waals surface area contributed by atoms with Crippen LogP contribution in [0.5, 0.6) is 0 Å². The minimum atomic E-state index is -1.02. The second-order valence-corrected chi connectivity index (χ2v) is 4.01. The summed E-state index contributed by atoms with van der Waals surface area (Å²) in [6, 6.07) is -1.29. The van der Waals surface area contributed by atoms with Crippen molar-refractivity contribution < 1.29 is 24.2 Å². The van der Waals surface area contributed by atoms with Gasteiger partial charge in [0, 0.05) is 20.3 Å². The molecule has 7 heteroatoms. The van der Waals surface area contributed by atoms with Crippen LogP contribution >= 0.6 is 0 Å². The summed E-state index contributed by atoms with van der Waals surface area (Å²) >= 11 is 0. The first-order valence-electron chi connectivity index (χ1n) is 6.45. The van der Waals surface area contributed by atoms with E-state index >= 15 is 0 Å². The van der Waals surface area contributed by atoms with E-state index in [1.807, 2.05) is 0 Å². The SMILES string of the molecule is CC[C@H](NC(=O)NCCCCOCCOC)C(=O)O. The maximum absolute atomic E-state index is 11.4. The topological polar surface area (TPSA) is 96.9 Å². The van der Waals surface area contributed by atoms with Gasteiger partial charge in [-0.1, -0.05) is 6.92 Å². The molecule has 112 valence electrons. The Morgan fingerprint density at radius 3 is 2.53 bits per heavy atom. The summed E-state index contributed by atoms with van der Waals surface area (Å²) in [5.74, 6) is -1.02. The Morgan fingerprint density at radius 2 is 1.95 bits per heavy atom. The minimum Gasteiger partial charge on any atom is -0.480 e. The molecule has 0 aliphatic rings. The standard InChI is InChI=1S/C12H24N2O5/c1-3-10(11(15)16)14-12(17)13-6-4-5-7-19-9-8-18-2/h10H,3-9H2,1-2H3,(H,15,16)(H2,13,14,17)/t10-/m0/s1. The zero-order valence-corrected chi connectivity index (χ0v) is 11.6. The normalized spacial score (nSPS) is 11.9. The summed E-state index contributed by atoms with van der Waals surface area (Å²) in [6.07, 6.45) is 1.97. The van der Waals surface area contributed by atoms with E-state index in [9.17, 15) is 9.59 Å². The lowest BCUT2D eigenvalue weighted by atomic mass is 10.2. The van der Waals surface area contributed by atoms with Gasteiger partial charge in [0.2, 0.25) is 0 Å². The molecule has 0 spiro atoms. The number of hydrogen-bond acceptors (Lipinski definition) is 4. The van der Waals surface area contributed by atoms with Gasteiger partial charge in [-0.15, -0.1) is 0 Å². The van der Waals surface area contributed by atoms with Crippen molar-refractivity contribution in [1.29, 1.82) is 0 Å². The predicted molar refractivity (Wildman–Crippen MR) is 70.2 cm³/mol. The number of urea groups is 1. The van der Waals surface area contributed by atoms with E-state index in [0.717, 1.165) is 12.8 Å². The van der Waals surface area contributed by atoms with Crippen LogP contribution in [0.1, 0.15) is 26.2 Å². The molecule has 19 heavy (non-hydrogen) atoms. The number of carbonyl (C=O) groups is 2. The lowest BCUT2D eigenvalue weighted by molar-refractivity contribution is -0.139. The van der Waals surface area contributed by atoms with Crippen molar-refractivity contribution in [2.75, 3.05) is 33.5 Å². The van der Waals surface area contributed by atoms with Crippen LogP contribution in [-0.4, -0.2) is 56.6 Å². The molecule has 2 amide bonds. The van der Waals surface area contributed by atoms with Gasteiger partial charge in [0.05, 0.1) is 13.2 Å². The number of methoxy groups -OCH3 is 1. The molecule has 0 fully saturated rings. The zero-order valence-electron chi connectivity index (χ0n) is 11.6. The third kappa shape index (κ3) is 10.3. The van der Waals surface area contributed by atoms with Gasteiger partial charge in [-0.3, -0.25) is 0 Å². The molecule has 0 saturated carbocycles. The number of carboxylic acids is 1. The molecule has 0 saturated heterocycles. The monoisotopic (exact) mass is 276 g/mol. The van der Waals surface area contributed by atoms with Crippen molar-refractivity contribution >= 4 is 12.0 Å². The molecular formula is C12H24N2O5.